The smallest absolute Gasteiger partial charge is 0.254 e. The molecule has 0 aliphatic carbocycles. The van der Waals surface area contributed by atoms with Crippen LogP contribution < -0.4 is 5.32 Å². The number of amides is 1. The Balaban J connectivity index is 1.52. The van der Waals surface area contributed by atoms with Crippen molar-refractivity contribution in [3.63, 3.8) is 0 Å². The maximum absolute atomic E-state index is 12.5. The van der Waals surface area contributed by atoms with Crippen molar-refractivity contribution < 1.29 is 4.79 Å². The predicted octanol–water partition coefficient (Wildman–Crippen LogP) is 4.48. The van der Waals surface area contributed by atoms with E-state index in [4.69, 9.17) is 5.26 Å². The van der Waals surface area contributed by atoms with Gasteiger partial charge in [-0.25, -0.2) is 4.68 Å². The van der Waals surface area contributed by atoms with Gasteiger partial charge in [0.25, 0.3) is 5.91 Å². The molecule has 5 nitrogen and oxygen atoms in total. The van der Waals surface area contributed by atoms with Crippen LogP contribution in [0, 0.1) is 18.3 Å². The zero-order chi connectivity index (χ0) is 19.9. The molecule has 0 saturated carbocycles. The summed E-state index contributed by atoms with van der Waals surface area (Å²) in [6.07, 6.45) is 1.60. The summed E-state index contributed by atoms with van der Waals surface area (Å²) >= 11 is 5.11. The van der Waals surface area contributed by atoms with Crippen molar-refractivity contribution in [2.75, 3.05) is 12.3 Å². The molecule has 2 aromatic carbocycles. The van der Waals surface area contributed by atoms with Crippen LogP contribution in [0.5, 0.6) is 0 Å². The highest BCUT2D eigenvalue weighted by atomic mass is 79.9. The molecule has 7 heteroatoms. The molecule has 0 spiro atoms. The zero-order valence-electron chi connectivity index (χ0n) is 15.4. The molecule has 142 valence electrons. The van der Waals surface area contributed by atoms with Gasteiger partial charge in [-0.2, -0.15) is 22.1 Å². The van der Waals surface area contributed by atoms with Gasteiger partial charge in [-0.05, 0) is 42.8 Å². The minimum Gasteiger partial charge on any atom is -0.351 e. The maximum Gasteiger partial charge on any atom is 0.254 e. The van der Waals surface area contributed by atoms with Gasteiger partial charge in [0.05, 0.1) is 34.8 Å². The Morgan fingerprint density at radius 1 is 1.25 bits per heavy atom. The largest absolute Gasteiger partial charge is 0.351 e. The highest BCUT2D eigenvalue weighted by Gasteiger charge is 2.14. The minimum absolute atomic E-state index is 0.126. The van der Waals surface area contributed by atoms with Crippen molar-refractivity contribution in [1.82, 2.24) is 15.1 Å². The number of carbonyl (C=O) groups excluding carboxylic acids is 1. The SMILES string of the molecule is Cc1c(C(=O)NCCSCc2ccccc2C#N)cnn1-c1ccc(Br)cc1. The molecule has 0 unspecified atom stereocenters. The lowest BCUT2D eigenvalue weighted by Gasteiger charge is -2.07. The average Bonchev–Trinajstić information content (AvgIpc) is 3.10. The number of nitrogens with one attached hydrogen (secondary N) is 1. The van der Waals surface area contributed by atoms with Gasteiger partial charge in [0, 0.05) is 22.5 Å². The quantitative estimate of drug-likeness (QED) is 0.534. The Morgan fingerprint density at radius 2 is 2.00 bits per heavy atom. The van der Waals surface area contributed by atoms with E-state index in [-0.39, 0.29) is 5.91 Å². The molecule has 0 saturated heterocycles. The van der Waals surface area contributed by atoms with Gasteiger partial charge < -0.3 is 5.32 Å². The number of carbonyl (C=O) groups is 1. The van der Waals surface area contributed by atoms with Crippen molar-refractivity contribution in [2.45, 2.75) is 12.7 Å². The number of thioether (sulfide) groups is 1. The van der Waals surface area contributed by atoms with Crippen LogP contribution >= 0.6 is 27.7 Å². The van der Waals surface area contributed by atoms with Crippen LogP contribution in [-0.2, 0) is 5.75 Å². The van der Waals surface area contributed by atoms with Crippen LogP contribution in [0.3, 0.4) is 0 Å². The third-order valence-electron chi connectivity index (χ3n) is 4.25. The van der Waals surface area contributed by atoms with E-state index in [0.717, 1.165) is 32.9 Å². The topological polar surface area (TPSA) is 70.7 Å². The molecule has 1 aromatic heterocycles. The lowest BCUT2D eigenvalue weighted by molar-refractivity contribution is 0.0955. The maximum atomic E-state index is 12.5. The van der Waals surface area contributed by atoms with Gasteiger partial charge in [0.15, 0.2) is 0 Å². The van der Waals surface area contributed by atoms with Crippen LogP contribution in [0.1, 0.15) is 27.2 Å². The molecule has 0 radical (unpaired) electrons. The van der Waals surface area contributed by atoms with Crippen LogP contribution in [0.4, 0.5) is 0 Å². The van der Waals surface area contributed by atoms with Gasteiger partial charge >= 0.3 is 0 Å². The van der Waals surface area contributed by atoms with Crippen LogP contribution in [0.2, 0.25) is 0 Å². The number of halogens is 1. The molecular formula is C21H19BrN4OS. The van der Waals surface area contributed by atoms with E-state index in [1.807, 2.05) is 55.5 Å². The fourth-order valence-corrected chi connectivity index (χ4v) is 3.87. The van der Waals surface area contributed by atoms with Crippen molar-refractivity contribution in [1.29, 1.82) is 5.26 Å². The Bertz CT molecular complexity index is 1010. The highest BCUT2D eigenvalue weighted by molar-refractivity contribution is 9.10. The van der Waals surface area contributed by atoms with Gasteiger partial charge in [0.1, 0.15) is 0 Å². The van der Waals surface area contributed by atoms with Crippen LogP contribution in [0.15, 0.2) is 59.2 Å². The summed E-state index contributed by atoms with van der Waals surface area (Å²) in [6.45, 7) is 2.44. The summed E-state index contributed by atoms with van der Waals surface area (Å²) in [4.78, 5) is 12.5. The van der Waals surface area contributed by atoms with Gasteiger partial charge in [0.2, 0.25) is 0 Å². The first kappa shape index (κ1) is 20.2. The number of benzene rings is 2. The van der Waals surface area contributed by atoms with E-state index in [1.165, 1.54) is 0 Å². The molecular weight excluding hydrogens is 436 g/mol. The number of hydrogen-bond acceptors (Lipinski definition) is 4. The predicted molar refractivity (Wildman–Crippen MR) is 116 cm³/mol. The summed E-state index contributed by atoms with van der Waals surface area (Å²) in [5.74, 6) is 1.39. The summed E-state index contributed by atoms with van der Waals surface area (Å²) in [7, 11) is 0. The van der Waals surface area contributed by atoms with Gasteiger partial charge in [-0.3, -0.25) is 4.79 Å². The number of hydrogen-bond donors (Lipinski definition) is 1. The number of nitriles is 1. The van der Waals surface area contributed by atoms with Gasteiger partial charge in [-0.1, -0.05) is 34.1 Å². The fraction of sp³-hybridized carbons (Fsp3) is 0.190. The summed E-state index contributed by atoms with van der Waals surface area (Å²) in [5, 5.41) is 16.4. The molecule has 0 bridgehead atoms. The second kappa shape index (κ2) is 9.58. The fourth-order valence-electron chi connectivity index (χ4n) is 2.74. The van der Waals surface area contributed by atoms with E-state index in [9.17, 15) is 4.79 Å². The second-order valence-corrected chi connectivity index (χ2v) is 8.13. The van der Waals surface area contributed by atoms with Crippen molar-refractivity contribution in [2.24, 2.45) is 0 Å². The van der Waals surface area contributed by atoms with E-state index in [1.54, 1.807) is 22.6 Å². The molecule has 1 amide bonds. The Labute approximate surface area is 176 Å². The standard InChI is InChI=1S/C21H19BrN4OS/c1-15-20(13-25-26(15)19-8-6-18(22)7-9-19)21(27)24-10-11-28-14-17-5-3-2-4-16(17)12-23/h2-9,13H,10-11,14H2,1H3,(H,24,27). The van der Waals surface area contributed by atoms with E-state index in [2.05, 4.69) is 32.4 Å². The summed E-state index contributed by atoms with van der Waals surface area (Å²) < 4.78 is 2.75. The Hall–Kier alpha value is -2.56. The third-order valence-corrected chi connectivity index (χ3v) is 5.79. The Kier molecular flexibility index (Phi) is 6.90. The normalized spacial score (nSPS) is 10.5. The second-order valence-electron chi connectivity index (χ2n) is 6.11. The van der Waals surface area contributed by atoms with E-state index >= 15 is 0 Å². The average molecular weight is 455 g/mol. The van der Waals surface area contributed by atoms with Crippen molar-refractivity contribution in [3.8, 4) is 11.8 Å². The Morgan fingerprint density at radius 3 is 2.75 bits per heavy atom. The summed E-state index contributed by atoms with van der Waals surface area (Å²) in [6, 6.07) is 17.6. The van der Waals surface area contributed by atoms with Crippen LogP contribution in [-0.4, -0.2) is 28.0 Å². The lowest BCUT2D eigenvalue weighted by Crippen LogP contribution is -2.26. The molecule has 0 aliphatic rings. The summed E-state index contributed by atoms with van der Waals surface area (Å²) in [5.41, 5.74) is 4.01. The molecule has 1 heterocycles. The molecule has 0 atom stereocenters. The lowest BCUT2D eigenvalue weighted by atomic mass is 10.1. The molecule has 3 rings (SSSR count). The first-order valence-electron chi connectivity index (χ1n) is 8.74. The monoisotopic (exact) mass is 454 g/mol. The number of nitrogens with zero attached hydrogens (tertiary/aromatic N) is 3. The third kappa shape index (κ3) is 4.83. The first-order chi connectivity index (χ1) is 13.6. The van der Waals surface area contributed by atoms with E-state index < -0.39 is 0 Å². The van der Waals surface area contributed by atoms with Crippen molar-refractivity contribution >= 4 is 33.6 Å². The molecule has 28 heavy (non-hydrogen) atoms. The van der Waals surface area contributed by atoms with E-state index in [0.29, 0.717) is 17.7 Å². The number of rotatable bonds is 7. The molecule has 3 aromatic rings. The van der Waals surface area contributed by atoms with Crippen LogP contribution in [0.25, 0.3) is 5.69 Å². The molecule has 0 aliphatic heterocycles. The number of aromatic nitrogens is 2. The zero-order valence-corrected chi connectivity index (χ0v) is 17.8. The first-order valence-corrected chi connectivity index (χ1v) is 10.7. The molecule has 0 fully saturated rings. The van der Waals surface area contributed by atoms with Crippen molar-refractivity contribution in [3.05, 3.63) is 81.6 Å². The molecule has 1 N–H and O–H groups in total. The van der Waals surface area contributed by atoms with Gasteiger partial charge in [-0.15, -0.1) is 0 Å². The highest BCUT2D eigenvalue weighted by Crippen LogP contribution is 2.18. The minimum atomic E-state index is -0.126.